The molecule has 1 aromatic heterocycles. The molecule has 0 fully saturated rings. The molecule has 0 radical (unpaired) electrons. The zero-order valence-electron chi connectivity index (χ0n) is 9.97. The molecule has 0 aliphatic heterocycles. The zero-order chi connectivity index (χ0) is 13.2. The lowest BCUT2D eigenvalue weighted by molar-refractivity contribution is 0.0994. The summed E-state index contributed by atoms with van der Waals surface area (Å²) in [4.78, 5) is 16.4. The number of rotatable bonds is 3. The van der Waals surface area contributed by atoms with Crippen LogP contribution in [0.25, 0.3) is 10.8 Å². The minimum Gasteiger partial charge on any atom is -0.294 e. The Balaban J connectivity index is 2.05. The van der Waals surface area contributed by atoms with Crippen LogP contribution >= 0.6 is 11.3 Å². The van der Waals surface area contributed by atoms with Crippen molar-refractivity contribution in [3.63, 3.8) is 0 Å². The predicted molar refractivity (Wildman–Crippen MR) is 74.1 cm³/mol. The Morgan fingerprint density at radius 1 is 1.16 bits per heavy atom. The Morgan fingerprint density at radius 2 is 1.95 bits per heavy atom. The van der Waals surface area contributed by atoms with Crippen LogP contribution in [0.1, 0.15) is 15.4 Å². The molecule has 0 N–H and O–H groups in total. The lowest BCUT2D eigenvalue weighted by Crippen LogP contribution is -2.04. The Hall–Kier alpha value is -2.07. The van der Waals surface area contributed by atoms with E-state index in [-0.39, 0.29) is 18.0 Å². The molecule has 0 unspecified atom stereocenters. The Bertz CT molecular complexity index is 737. The summed E-state index contributed by atoms with van der Waals surface area (Å²) in [5.41, 5.74) is 0.548. The van der Waals surface area contributed by atoms with Crippen molar-refractivity contribution in [1.29, 1.82) is 0 Å². The van der Waals surface area contributed by atoms with Gasteiger partial charge in [0.05, 0.1) is 6.42 Å². The number of aromatic nitrogens is 1. The maximum Gasteiger partial charge on any atom is 0.170 e. The first-order valence-electron chi connectivity index (χ1n) is 5.84. The first kappa shape index (κ1) is 12.0. The molecule has 0 spiro atoms. The number of nitrogens with zero attached hydrogens (tertiary/aromatic N) is 1. The third-order valence-electron chi connectivity index (χ3n) is 2.97. The second-order valence-electron chi connectivity index (χ2n) is 4.17. The number of benzene rings is 2. The van der Waals surface area contributed by atoms with E-state index in [1.807, 2.05) is 11.4 Å². The number of thiazole rings is 1. The second-order valence-corrected chi connectivity index (χ2v) is 5.15. The fraction of sp³-hybridized carbons (Fsp3) is 0.0667. The van der Waals surface area contributed by atoms with E-state index >= 15 is 0 Å². The van der Waals surface area contributed by atoms with Crippen molar-refractivity contribution in [2.75, 3.05) is 0 Å². The summed E-state index contributed by atoms with van der Waals surface area (Å²) in [6.07, 6.45) is 1.93. The van der Waals surface area contributed by atoms with Crippen LogP contribution in [-0.4, -0.2) is 10.8 Å². The molecule has 4 heteroatoms. The molecule has 19 heavy (non-hydrogen) atoms. The van der Waals surface area contributed by atoms with E-state index in [1.165, 1.54) is 17.4 Å². The van der Waals surface area contributed by atoms with Crippen LogP contribution in [0.2, 0.25) is 0 Å². The Kier molecular flexibility index (Phi) is 3.09. The van der Waals surface area contributed by atoms with E-state index in [9.17, 15) is 9.18 Å². The molecule has 0 aliphatic carbocycles. The maximum atomic E-state index is 13.7. The monoisotopic (exact) mass is 271 g/mol. The van der Waals surface area contributed by atoms with E-state index in [0.717, 1.165) is 5.01 Å². The fourth-order valence-corrected chi connectivity index (χ4v) is 2.69. The minimum atomic E-state index is -0.304. The third kappa shape index (κ3) is 2.27. The summed E-state index contributed by atoms with van der Waals surface area (Å²) in [6.45, 7) is 0. The number of ketones is 1. The highest BCUT2D eigenvalue weighted by Crippen LogP contribution is 2.23. The minimum absolute atomic E-state index is 0.0360. The standard InChI is InChI=1S/C15H10FNOS/c16-13-6-5-12(10-3-1-2-4-11(10)13)14(18)9-15-17-7-8-19-15/h1-8H,9H2. The summed E-state index contributed by atoms with van der Waals surface area (Å²) in [6, 6.07) is 9.92. The van der Waals surface area contributed by atoms with E-state index < -0.39 is 0 Å². The number of hydrogen-bond donors (Lipinski definition) is 0. The number of Topliss-reactive ketones (excluding diaryl/α,β-unsaturated/α-hetero) is 1. The first-order chi connectivity index (χ1) is 9.25. The van der Waals surface area contributed by atoms with Gasteiger partial charge >= 0.3 is 0 Å². The van der Waals surface area contributed by atoms with Gasteiger partial charge < -0.3 is 0 Å². The molecular weight excluding hydrogens is 261 g/mol. The van der Waals surface area contributed by atoms with Crippen LogP contribution in [0.3, 0.4) is 0 Å². The van der Waals surface area contributed by atoms with Gasteiger partial charge in [0.25, 0.3) is 0 Å². The number of carbonyl (C=O) groups excluding carboxylic acids is 1. The normalized spacial score (nSPS) is 10.8. The van der Waals surface area contributed by atoms with Crippen LogP contribution in [0.15, 0.2) is 48.0 Å². The van der Waals surface area contributed by atoms with E-state index in [0.29, 0.717) is 16.3 Å². The molecular formula is C15H10FNOS. The van der Waals surface area contributed by atoms with Crippen molar-refractivity contribution in [3.8, 4) is 0 Å². The van der Waals surface area contributed by atoms with Gasteiger partial charge in [0.1, 0.15) is 10.8 Å². The molecule has 0 atom stereocenters. The van der Waals surface area contributed by atoms with Crippen LogP contribution in [-0.2, 0) is 6.42 Å². The van der Waals surface area contributed by atoms with E-state index in [2.05, 4.69) is 4.98 Å². The molecule has 1 heterocycles. The molecule has 2 nitrogen and oxygen atoms in total. The number of halogens is 1. The molecule has 0 bridgehead atoms. The molecule has 3 rings (SSSR count). The summed E-state index contributed by atoms with van der Waals surface area (Å²) in [5, 5.41) is 3.75. The number of carbonyl (C=O) groups is 1. The van der Waals surface area contributed by atoms with Crippen LogP contribution < -0.4 is 0 Å². The largest absolute Gasteiger partial charge is 0.294 e. The van der Waals surface area contributed by atoms with Gasteiger partial charge in [-0.3, -0.25) is 4.79 Å². The van der Waals surface area contributed by atoms with Gasteiger partial charge in [-0.2, -0.15) is 0 Å². The van der Waals surface area contributed by atoms with Gasteiger partial charge in [0.2, 0.25) is 0 Å². The lowest BCUT2D eigenvalue weighted by atomic mass is 9.99. The highest BCUT2D eigenvalue weighted by Gasteiger charge is 2.13. The van der Waals surface area contributed by atoms with Crippen molar-refractivity contribution in [2.45, 2.75) is 6.42 Å². The Labute approximate surface area is 113 Å². The van der Waals surface area contributed by atoms with Gasteiger partial charge in [-0.15, -0.1) is 11.3 Å². The zero-order valence-corrected chi connectivity index (χ0v) is 10.8. The summed E-state index contributed by atoms with van der Waals surface area (Å²) >= 11 is 1.45. The van der Waals surface area contributed by atoms with Crippen molar-refractivity contribution < 1.29 is 9.18 Å². The van der Waals surface area contributed by atoms with E-state index in [1.54, 1.807) is 30.5 Å². The van der Waals surface area contributed by atoms with E-state index in [4.69, 9.17) is 0 Å². The average molecular weight is 271 g/mol. The Morgan fingerprint density at radius 3 is 2.68 bits per heavy atom. The van der Waals surface area contributed by atoms with Gasteiger partial charge in [-0.25, -0.2) is 9.37 Å². The maximum absolute atomic E-state index is 13.7. The lowest BCUT2D eigenvalue weighted by Gasteiger charge is -2.05. The van der Waals surface area contributed by atoms with Crippen molar-refractivity contribution in [3.05, 3.63) is 64.4 Å². The molecule has 0 amide bonds. The fourth-order valence-electron chi connectivity index (χ4n) is 2.08. The second kappa shape index (κ2) is 4.90. The SMILES string of the molecule is O=C(Cc1nccs1)c1ccc(F)c2ccccc12. The van der Waals surface area contributed by atoms with Crippen LogP contribution in [0.4, 0.5) is 4.39 Å². The highest BCUT2D eigenvalue weighted by atomic mass is 32.1. The predicted octanol–water partition coefficient (Wildman–Crippen LogP) is 3.86. The van der Waals surface area contributed by atoms with Gasteiger partial charge in [-0.05, 0) is 17.5 Å². The molecule has 94 valence electrons. The van der Waals surface area contributed by atoms with Crippen LogP contribution in [0, 0.1) is 5.82 Å². The smallest absolute Gasteiger partial charge is 0.170 e. The molecule has 2 aromatic carbocycles. The topological polar surface area (TPSA) is 30.0 Å². The first-order valence-corrected chi connectivity index (χ1v) is 6.72. The van der Waals surface area contributed by atoms with Crippen molar-refractivity contribution in [2.24, 2.45) is 0 Å². The summed E-state index contributed by atoms with van der Waals surface area (Å²) in [5.74, 6) is -0.340. The number of hydrogen-bond acceptors (Lipinski definition) is 3. The van der Waals surface area contributed by atoms with Gasteiger partial charge in [0, 0.05) is 22.5 Å². The molecule has 3 aromatic rings. The quantitative estimate of drug-likeness (QED) is 0.677. The van der Waals surface area contributed by atoms with Crippen molar-refractivity contribution >= 4 is 27.9 Å². The van der Waals surface area contributed by atoms with Gasteiger partial charge in [-0.1, -0.05) is 24.3 Å². The highest BCUT2D eigenvalue weighted by molar-refractivity contribution is 7.09. The molecule has 0 saturated heterocycles. The van der Waals surface area contributed by atoms with Gasteiger partial charge in [0.15, 0.2) is 5.78 Å². The summed E-state index contributed by atoms with van der Waals surface area (Å²) < 4.78 is 13.7. The van der Waals surface area contributed by atoms with Crippen molar-refractivity contribution in [1.82, 2.24) is 4.98 Å². The summed E-state index contributed by atoms with van der Waals surface area (Å²) in [7, 11) is 0. The third-order valence-corrected chi connectivity index (χ3v) is 3.75. The molecule has 0 aliphatic rings. The molecule has 0 saturated carbocycles. The van der Waals surface area contributed by atoms with Crippen LogP contribution in [0.5, 0.6) is 0 Å². The number of fused-ring (bicyclic) bond motifs is 1. The average Bonchev–Trinajstić information content (AvgIpc) is 2.92.